The number of aryl methyl sites for hydroxylation is 1. The van der Waals surface area contributed by atoms with Gasteiger partial charge in [0.1, 0.15) is 0 Å². The van der Waals surface area contributed by atoms with Gasteiger partial charge in [0.25, 0.3) is 0 Å². The second-order valence-corrected chi connectivity index (χ2v) is 5.59. The highest BCUT2D eigenvalue weighted by Crippen LogP contribution is 2.14. The monoisotopic (exact) mass is 311 g/mol. The van der Waals surface area contributed by atoms with Gasteiger partial charge < -0.3 is 0 Å². The Balaban J connectivity index is 2.69. The summed E-state index contributed by atoms with van der Waals surface area (Å²) in [5.41, 5.74) is 2.85. The zero-order valence-corrected chi connectivity index (χ0v) is 13.5. The molecular formula is C16H26BrN. The SMILES string of the molecule is CCc1ccc(CN(CCBr)C(CC)CC)cc1. The summed E-state index contributed by atoms with van der Waals surface area (Å²) < 4.78 is 0. The van der Waals surface area contributed by atoms with Gasteiger partial charge in [-0.25, -0.2) is 0 Å². The lowest BCUT2D eigenvalue weighted by molar-refractivity contribution is 0.189. The molecule has 0 spiro atoms. The lowest BCUT2D eigenvalue weighted by atomic mass is 10.1. The van der Waals surface area contributed by atoms with Crippen molar-refractivity contribution in [3.63, 3.8) is 0 Å². The maximum absolute atomic E-state index is 3.57. The number of hydrogen-bond acceptors (Lipinski definition) is 1. The Morgan fingerprint density at radius 3 is 2.00 bits per heavy atom. The molecule has 1 rings (SSSR count). The minimum atomic E-state index is 0.702. The van der Waals surface area contributed by atoms with Crippen molar-refractivity contribution in [2.75, 3.05) is 11.9 Å². The van der Waals surface area contributed by atoms with Gasteiger partial charge in [-0.3, -0.25) is 4.90 Å². The Hall–Kier alpha value is -0.340. The van der Waals surface area contributed by atoms with Crippen LogP contribution in [0.5, 0.6) is 0 Å². The van der Waals surface area contributed by atoms with Crippen LogP contribution in [0.2, 0.25) is 0 Å². The van der Waals surface area contributed by atoms with E-state index in [0.717, 1.165) is 24.8 Å². The number of halogens is 1. The second kappa shape index (κ2) is 8.71. The minimum absolute atomic E-state index is 0.702. The molecule has 1 nitrogen and oxygen atoms in total. The van der Waals surface area contributed by atoms with Crippen molar-refractivity contribution in [3.05, 3.63) is 35.4 Å². The molecule has 0 aliphatic heterocycles. The largest absolute Gasteiger partial charge is 0.295 e. The van der Waals surface area contributed by atoms with Crippen LogP contribution in [0.4, 0.5) is 0 Å². The molecule has 0 radical (unpaired) electrons. The first-order chi connectivity index (χ1) is 8.74. The molecule has 0 fully saturated rings. The lowest BCUT2D eigenvalue weighted by Crippen LogP contribution is -2.35. The molecule has 0 saturated heterocycles. The van der Waals surface area contributed by atoms with E-state index < -0.39 is 0 Å². The second-order valence-electron chi connectivity index (χ2n) is 4.80. The third-order valence-corrected chi connectivity index (χ3v) is 4.00. The van der Waals surface area contributed by atoms with Crippen molar-refractivity contribution in [2.24, 2.45) is 0 Å². The molecule has 0 unspecified atom stereocenters. The fourth-order valence-electron chi connectivity index (χ4n) is 2.42. The summed E-state index contributed by atoms with van der Waals surface area (Å²) in [6.07, 6.45) is 3.59. The van der Waals surface area contributed by atoms with E-state index in [1.54, 1.807) is 0 Å². The fourth-order valence-corrected chi connectivity index (χ4v) is 2.87. The number of alkyl halides is 1. The predicted molar refractivity (Wildman–Crippen MR) is 84.4 cm³/mol. The van der Waals surface area contributed by atoms with Crippen LogP contribution in [0.3, 0.4) is 0 Å². The van der Waals surface area contributed by atoms with E-state index in [2.05, 4.69) is 65.9 Å². The first-order valence-corrected chi connectivity index (χ1v) is 8.25. The van der Waals surface area contributed by atoms with Gasteiger partial charge in [-0.15, -0.1) is 0 Å². The fraction of sp³-hybridized carbons (Fsp3) is 0.625. The number of rotatable bonds is 8. The molecule has 0 aromatic heterocycles. The first-order valence-electron chi connectivity index (χ1n) is 7.12. The maximum atomic E-state index is 3.57. The van der Waals surface area contributed by atoms with Gasteiger partial charge in [0.15, 0.2) is 0 Å². The van der Waals surface area contributed by atoms with Gasteiger partial charge in [0.2, 0.25) is 0 Å². The summed E-state index contributed by atoms with van der Waals surface area (Å²) in [6.45, 7) is 8.98. The van der Waals surface area contributed by atoms with Crippen LogP contribution in [0.1, 0.15) is 44.7 Å². The quantitative estimate of drug-likeness (QED) is 0.632. The lowest BCUT2D eigenvalue weighted by Gasteiger charge is -2.30. The van der Waals surface area contributed by atoms with E-state index in [-0.39, 0.29) is 0 Å². The van der Waals surface area contributed by atoms with Crippen molar-refractivity contribution in [3.8, 4) is 0 Å². The molecular weight excluding hydrogens is 286 g/mol. The average Bonchev–Trinajstić information content (AvgIpc) is 2.41. The van der Waals surface area contributed by atoms with Crippen LogP contribution < -0.4 is 0 Å². The van der Waals surface area contributed by atoms with E-state index in [0.29, 0.717) is 6.04 Å². The molecule has 0 aliphatic rings. The Kier molecular flexibility index (Phi) is 7.60. The number of nitrogens with zero attached hydrogens (tertiary/aromatic N) is 1. The Labute approximate surface area is 121 Å². The molecule has 0 heterocycles. The van der Waals surface area contributed by atoms with Gasteiger partial charge >= 0.3 is 0 Å². The van der Waals surface area contributed by atoms with Crippen LogP contribution in [0.15, 0.2) is 24.3 Å². The molecule has 0 aliphatic carbocycles. The van der Waals surface area contributed by atoms with Crippen molar-refractivity contribution < 1.29 is 0 Å². The van der Waals surface area contributed by atoms with Crippen molar-refractivity contribution in [1.29, 1.82) is 0 Å². The van der Waals surface area contributed by atoms with E-state index in [4.69, 9.17) is 0 Å². The summed E-state index contributed by atoms with van der Waals surface area (Å²) in [4.78, 5) is 2.59. The minimum Gasteiger partial charge on any atom is -0.295 e. The van der Waals surface area contributed by atoms with E-state index in [9.17, 15) is 0 Å². The summed E-state index contributed by atoms with van der Waals surface area (Å²) >= 11 is 3.57. The first kappa shape index (κ1) is 15.7. The maximum Gasteiger partial charge on any atom is 0.0237 e. The molecule has 0 N–H and O–H groups in total. The molecule has 2 heteroatoms. The zero-order chi connectivity index (χ0) is 13.4. The van der Waals surface area contributed by atoms with E-state index in [1.165, 1.54) is 24.0 Å². The Bertz CT molecular complexity index is 316. The smallest absolute Gasteiger partial charge is 0.0237 e. The summed E-state index contributed by atoms with van der Waals surface area (Å²) in [6, 6.07) is 9.78. The molecule has 1 aromatic carbocycles. The van der Waals surface area contributed by atoms with Gasteiger partial charge in [0, 0.05) is 24.5 Å². The highest BCUT2D eigenvalue weighted by atomic mass is 79.9. The van der Waals surface area contributed by atoms with Crippen LogP contribution in [0, 0.1) is 0 Å². The van der Waals surface area contributed by atoms with Crippen molar-refractivity contribution in [1.82, 2.24) is 4.90 Å². The summed E-state index contributed by atoms with van der Waals surface area (Å²) in [5, 5.41) is 1.05. The topological polar surface area (TPSA) is 3.24 Å². The highest BCUT2D eigenvalue weighted by Gasteiger charge is 2.14. The highest BCUT2D eigenvalue weighted by molar-refractivity contribution is 9.09. The average molecular weight is 312 g/mol. The van der Waals surface area contributed by atoms with Crippen molar-refractivity contribution >= 4 is 15.9 Å². The van der Waals surface area contributed by atoms with Gasteiger partial charge in [0.05, 0.1) is 0 Å². The van der Waals surface area contributed by atoms with Crippen LogP contribution >= 0.6 is 15.9 Å². The molecule has 18 heavy (non-hydrogen) atoms. The number of hydrogen-bond donors (Lipinski definition) is 0. The van der Waals surface area contributed by atoms with E-state index >= 15 is 0 Å². The Morgan fingerprint density at radius 1 is 1.00 bits per heavy atom. The van der Waals surface area contributed by atoms with Gasteiger partial charge in [-0.2, -0.15) is 0 Å². The molecule has 0 amide bonds. The molecule has 0 bridgehead atoms. The van der Waals surface area contributed by atoms with Crippen molar-refractivity contribution in [2.45, 2.75) is 52.6 Å². The van der Waals surface area contributed by atoms with E-state index in [1.807, 2.05) is 0 Å². The van der Waals surface area contributed by atoms with Crippen LogP contribution in [-0.4, -0.2) is 22.8 Å². The number of benzene rings is 1. The third kappa shape index (κ3) is 4.74. The van der Waals surface area contributed by atoms with Gasteiger partial charge in [-0.1, -0.05) is 61.0 Å². The summed E-state index contributed by atoms with van der Waals surface area (Å²) in [5.74, 6) is 0. The molecule has 0 atom stereocenters. The van der Waals surface area contributed by atoms with Crippen LogP contribution in [0.25, 0.3) is 0 Å². The Morgan fingerprint density at radius 2 is 1.56 bits per heavy atom. The zero-order valence-electron chi connectivity index (χ0n) is 12.0. The third-order valence-electron chi connectivity index (χ3n) is 3.65. The molecule has 1 aromatic rings. The normalized spacial score (nSPS) is 11.4. The predicted octanol–water partition coefficient (Wildman–Crippen LogP) is 4.63. The van der Waals surface area contributed by atoms with Crippen LogP contribution in [-0.2, 0) is 13.0 Å². The molecule has 0 saturated carbocycles. The standard InChI is InChI=1S/C16H26BrN/c1-4-14-7-9-15(10-8-14)13-18(12-11-17)16(5-2)6-3/h7-10,16H,4-6,11-13H2,1-3H3. The molecule has 102 valence electrons. The summed E-state index contributed by atoms with van der Waals surface area (Å²) in [7, 11) is 0. The van der Waals surface area contributed by atoms with Gasteiger partial charge in [-0.05, 0) is 30.4 Å².